The third-order valence-electron chi connectivity index (χ3n) is 6.55. The minimum absolute atomic E-state index is 0.103. The van der Waals surface area contributed by atoms with E-state index in [1.54, 1.807) is 18.3 Å². The van der Waals surface area contributed by atoms with Crippen LogP contribution in [0.4, 0.5) is 19.0 Å². The first-order valence-corrected chi connectivity index (χ1v) is 13.0. The van der Waals surface area contributed by atoms with Gasteiger partial charge < -0.3 is 19.7 Å². The van der Waals surface area contributed by atoms with Crippen LogP contribution in [0.25, 0.3) is 10.9 Å². The number of aromatic amines is 1. The SMILES string of the molecule is CC(C)(CC(O)(Cc1cc2cc(N3CCOCC3)ncc2[nH]1)C(F)(F)F)c1ccccc1S(N)(=O)=O. The quantitative estimate of drug-likeness (QED) is 0.435. The van der Waals surface area contributed by atoms with Crippen LogP contribution in [0.2, 0.25) is 0 Å². The van der Waals surface area contributed by atoms with Gasteiger partial charge in [-0.25, -0.2) is 18.5 Å². The van der Waals surface area contributed by atoms with Crippen LogP contribution in [-0.2, 0) is 26.6 Å². The van der Waals surface area contributed by atoms with Crippen molar-refractivity contribution in [1.29, 1.82) is 0 Å². The standard InChI is InChI=1S/C24H29F3N4O4S/c1-22(2,18-5-3-4-6-20(18)36(28,33)34)15-23(32,24(25,26)27)13-17-11-16-12-21(29-14-19(16)30-17)31-7-9-35-10-8-31/h3-6,11-12,14,30,32H,7-10,13,15H2,1-2H3,(H2,28,33,34). The minimum Gasteiger partial charge on any atom is -0.380 e. The number of sulfonamides is 1. The molecule has 1 unspecified atom stereocenters. The van der Waals surface area contributed by atoms with Crippen LogP contribution in [0, 0.1) is 0 Å². The second-order valence-corrected chi connectivity index (χ2v) is 11.4. The zero-order valence-electron chi connectivity index (χ0n) is 20.0. The average Bonchev–Trinajstić information content (AvgIpc) is 3.19. The molecule has 0 spiro atoms. The fourth-order valence-corrected chi connectivity index (χ4v) is 5.74. The van der Waals surface area contributed by atoms with Crippen molar-refractivity contribution in [3.05, 3.63) is 53.9 Å². The van der Waals surface area contributed by atoms with Crippen LogP contribution in [0.3, 0.4) is 0 Å². The minimum atomic E-state index is -4.99. The number of rotatable bonds is 7. The van der Waals surface area contributed by atoms with E-state index in [2.05, 4.69) is 9.97 Å². The number of halogens is 3. The molecule has 1 atom stereocenters. The molecule has 12 heteroatoms. The van der Waals surface area contributed by atoms with Crippen molar-refractivity contribution in [2.24, 2.45) is 5.14 Å². The summed E-state index contributed by atoms with van der Waals surface area (Å²) in [7, 11) is -4.19. The van der Waals surface area contributed by atoms with Gasteiger partial charge in [-0.3, -0.25) is 0 Å². The molecule has 0 bridgehead atoms. The van der Waals surface area contributed by atoms with Crippen LogP contribution in [0.1, 0.15) is 31.5 Å². The van der Waals surface area contributed by atoms with Gasteiger partial charge in [-0.05, 0) is 35.6 Å². The maximum Gasteiger partial charge on any atom is 0.417 e. The van der Waals surface area contributed by atoms with Gasteiger partial charge in [0.1, 0.15) is 5.82 Å². The number of pyridine rings is 1. The summed E-state index contributed by atoms with van der Waals surface area (Å²) in [6.07, 6.45) is -4.97. The molecule has 1 saturated heterocycles. The normalized spacial score (nSPS) is 17.4. The molecule has 1 fully saturated rings. The lowest BCUT2D eigenvalue weighted by molar-refractivity contribution is -0.266. The van der Waals surface area contributed by atoms with Crippen molar-refractivity contribution in [2.75, 3.05) is 31.2 Å². The van der Waals surface area contributed by atoms with Gasteiger partial charge in [0.05, 0.1) is 29.8 Å². The number of nitrogens with zero attached hydrogens (tertiary/aromatic N) is 2. The van der Waals surface area contributed by atoms with Crippen molar-refractivity contribution in [3.8, 4) is 0 Å². The molecule has 8 nitrogen and oxygen atoms in total. The summed E-state index contributed by atoms with van der Waals surface area (Å²) in [4.78, 5) is 9.10. The van der Waals surface area contributed by atoms with Gasteiger partial charge in [-0.2, -0.15) is 13.2 Å². The molecule has 3 heterocycles. The number of hydrogen-bond donors (Lipinski definition) is 3. The Labute approximate surface area is 207 Å². The monoisotopic (exact) mass is 526 g/mol. The Kier molecular flexibility index (Phi) is 6.84. The molecule has 0 saturated carbocycles. The van der Waals surface area contributed by atoms with Crippen LogP contribution >= 0.6 is 0 Å². The number of aromatic nitrogens is 2. The Morgan fingerprint density at radius 3 is 2.47 bits per heavy atom. The van der Waals surface area contributed by atoms with E-state index < -0.39 is 40.1 Å². The van der Waals surface area contributed by atoms with Gasteiger partial charge in [0.25, 0.3) is 0 Å². The first kappa shape index (κ1) is 26.4. The van der Waals surface area contributed by atoms with Gasteiger partial charge in [-0.15, -0.1) is 0 Å². The fourth-order valence-electron chi connectivity index (χ4n) is 4.82. The highest BCUT2D eigenvalue weighted by molar-refractivity contribution is 7.89. The number of nitrogens with one attached hydrogen (secondary N) is 1. The number of benzene rings is 1. The molecular formula is C24H29F3N4O4S. The molecular weight excluding hydrogens is 497 g/mol. The lowest BCUT2D eigenvalue weighted by atomic mass is 9.73. The second-order valence-electron chi connectivity index (χ2n) is 9.83. The largest absolute Gasteiger partial charge is 0.417 e. The van der Waals surface area contributed by atoms with E-state index in [9.17, 15) is 26.7 Å². The number of morpholine rings is 1. The van der Waals surface area contributed by atoms with Crippen molar-refractivity contribution >= 4 is 26.7 Å². The van der Waals surface area contributed by atoms with Crippen molar-refractivity contribution in [1.82, 2.24) is 9.97 Å². The van der Waals surface area contributed by atoms with Gasteiger partial charge in [0, 0.05) is 30.6 Å². The first-order valence-electron chi connectivity index (χ1n) is 11.4. The molecule has 1 aromatic carbocycles. The number of hydrogen-bond acceptors (Lipinski definition) is 6. The van der Waals surface area contributed by atoms with E-state index in [1.807, 2.05) is 4.90 Å². The van der Waals surface area contributed by atoms with Gasteiger partial charge >= 0.3 is 6.18 Å². The molecule has 1 aliphatic heterocycles. The molecule has 4 rings (SSSR count). The summed E-state index contributed by atoms with van der Waals surface area (Å²) in [5.41, 5.74) is -3.70. The molecule has 2 aromatic heterocycles. The summed E-state index contributed by atoms with van der Waals surface area (Å²) < 4.78 is 72.4. The molecule has 3 aromatic rings. The predicted octanol–water partition coefficient (Wildman–Crippen LogP) is 3.25. The lowest BCUT2D eigenvalue weighted by Crippen LogP contribution is -2.51. The number of aliphatic hydroxyl groups is 1. The Bertz CT molecular complexity index is 1350. The fraction of sp³-hybridized carbons (Fsp3) is 0.458. The number of ether oxygens (including phenoxy) is 1. The Morgan fingerprint density at radius 2 is 1.83 bits per heavy atom. The zero-order valence-corrected chi connectivity index (χ0v) is 20.8. The van der Waals surface area contributed by atoms with E-state index in [0.717, 1.165) is 0 Å². The summed E-state index contributed by atoms with van der Waals surface area (Å²) in [5.74, 6) is 0.697. The van der Waals surface area contributed by atoms with Gasteiger partial charge in [0.2, 0.25) is 10.0 Å². The number of anilines is 1. The molecule has 1 aliphatic rings. The van der Waals surface area contributed by atoms with E-state index in [1.165, 1.54) is 38.1 Å². The highest BCUT2D eigenvalue weighted by atomic mass is 32.2. The molecule has 196 valence electrons. The molecule has 0 amide bonds. The Balaban J connectivity index is 1.66. The predicted molar refractivity (Wildman–Crippen MR) is 129 cm³/mol. The maximum absolute atomic E-state index is 14.3. The highest BCUT2D eigenvalue weighted by Crippen LogP contribution is 2.44. The maximum atomic E-state index is 14.3. The zero-order chi connectivity index (χ0) is 26.4. The number of H-pyrrole nitrogens is 1. The molecule has 0 aliphatic carbocycles. The second kappa shape index (κ2) is 9.33. The first-order chi connectivity index (χ1) is 16.7. The van der Waals surface area contributed by atoms with E-state index in [-0.39, 0.29) is 16.2 Å². The van der Waals surface area contributed by atoms with E-state index >= 15 is 0 Å². The summed E-state index contributed by atoms with van der Waals surface area (Å²) >= 11 is 0. The topological polar surface area (TPSA) is 122 Å². The summed E-state index contributed by atoms with van der Waals surface area (Å²) in [5, 5.41) is 17.0. The van der Waals surface area contributed by atoms with Crippen LogP contribution in [0.5, 0.6) is 0 Å². The van der Waals surface area contributed by atoms with Gasteiger partial charge in [0.15, 0.2) is 5.60 Å². The third-order valence-corrected chi connectivity index (χ3v) is 7.52. The van der Waals surface area contributed by atoms with E-state index in [0.29, 0.717) is 43.0 Å². The van der Waals surface area contributed by atoms with Crippen LogP contribution < -0.4 is 10.0 Å². The van der Waals surface area contributed by atoms with Crippen LogP contribution in [0.15, 0.2) is 47.5 Å². The number of alkyl halides is 3. The summed E-state index contributed by atoms with van der Waals surface area (Å²) in [6.45, 7) is 5.38. The van der Waals surface area contributed by atoms with Crippen molar-refractivity contribution in [2.45, 2.75) is 48.8 Å². The Morgan fingerprint density at radius 1 is 1.17 bits per heavy atom. The smallest absolute Gasteiger partial charge is 0.380 e. The lowest BCUT2D eigenvalue weighted by Gasteiger charge is -2.38. The third kappa shape index (κ3) is 5.36. The molecule has 0 radical (unpaired) electrons. The summed E-state index contributed by atoms with van der Waals surface area (Å²) in [6, 6.07) is 8.99. The van der Waals surface area contributed by atoms with Gasteiger partial charge in [-0.1, -0.05) is 32.0 Å². The number of primary sulfonamides is 1. The van der Waals surface area contributed by atoms with Crippen molar-refractivity contribution in [3.63, 3.8) is 0 Å². The average molecular weight is 527 g/mol. The molecule has 4 N–H and O–H groups in total. The Hall–Kier alpha value is -2.67. The number of fused-ring (bicyclic) bond motifs is 1. The van der Waals surface area contributed by atoms with Crippen molar-refractivity contribution < 1.29 is 31.4 Å². The van der Waals surface area contributed by atoms with E-state index in [4.69, 9.17) is 9.88 Å². The number of nitrogens with two attached hydrogens (primary N) is 1. The highest BCUT2D eigenvalue weighted by Gasteiger charge is 2.56. The molecule has 36 heavy (non-hydrogen) atoms. The van der Waals surface area contributed by atoms with Crippen LogP contribution in [-0.4, -0.2) is 61.6 Å².